The van der Waals surface area contributed by atoms with Crippen LogP contribution in [0.25, 0.3) is 0 Å². The van der Waals surface area contributed by atoms with Crippen LogP contribution in [0.3, 0.4) is 0 Å². The molecule has 0 radical (unpaired) electrons. The Morgan fingerprint density at radius 3 is 2.20 bits per heavy atom. The fraction of sp³-hybridized carbons (Fsp3) is 0.565. The van der Waals surface area contributed by atoms with Crippen molar-refractivity contribution in [3.63, 3.8) is 0 Å². The lowest BCUT2D eigenvalue weighted by Crippen LogP contribution is -2.36. The number of hydrogen-bond donors (Lipinski definition) is 6. The van der Waals surface area contributed by atoms with Crippen molar-refractivity contribution < 1.29 is 4.74 Å². The SMILES string of the molecule is C/C=C/CNC(=N)NCCCCCCCCNCCCOc1ccc(C(=N)N)cc1. The molecule has 0 bridgehead atoms. The lowest BCUT2D eigenvalue weighted by Gasteiger charge is -2.09. The molecule has 0 amide bonds. The standard InChI is InChI=1S/C23H40N6O/c1-2-3-17-28-23(26)29-18-9-7-5-4-6-8-15-27-16-10-19-30-21-13-11-20(12-14-21)22(24)25/h2-3,11-14,27H,4-10,15-19H2,1H3,(H3,24,25)(H3,26,28,29)/b3-2+. The number of nitrogens with two attached hydrogens (primary N) is 1. The summed E-state index contributed by atoms with van der Waals surface area (Å²) in [5.41, 5.74) is 6.15. The monoisotopic (exact) mass is 416 g/mol. The van der Waals surface area contributed by atoms with Crippen LogP contribution < -0.4 is 26.4 Å². The van der Waals surface area contributed by atoms with Gasteiger partial charge in [-0.25, -0.2) is 0 Å². The maximum Gasteiger partial charge on any atom is 0.188 e. The lowest BCUT2D eigenvalue weighted by atomic mass is 10.1. The number of unbranched alkanes of at least 4 members (excludes halogenated alkanes) is 5. The molecule has 0 aliphatic heterocycles. The second-order valence-electron chi connectivity index (χ2n) is 7.26. The van der Waals surface area contributed by atoms with Gasteiger partial charge in [0.1, 0.15) is 11.6 Å². The summed E-state index contributed by atoms with van der Waals surface area (Å²) in [6, 6.07) is 7.32. The van der Waals surface area contributed by atoms with Gasteiger partial charge < -0.3 is 26.4 Å². The van der Waals surface area contributed by atoms with Crippen molar-refractivity contribution in [2.75, 3.05) is 32.8 Å². The molecule has 1 rings (SSSR count). The van der Waals surface area contributed by atoms with E-state index in [9.17, 15) is 0 Å². The van der Waals surface area contributed by atoms with Gasteiger partial charge in [-0.15, -0.1) is 0 Å². The summed E-state index contributed by atoms with van der Waals surface area (Å²) in [5, 5.41) is 24.6. The fourth-order valence-corrected chi connectivity index (χ4v) is 2.88. The normalized spacial score (nSPS) is 10.8. The summed E-state index contributed by atoms with van der Waals surface area (Å²) in [4.78, 5) is 0. The van der Waals surface area contributed by atoms with Crippen molar-refractivity contribution in [1.82, 2.24) is 16.0 Å². The van der Waals surface area contributed by atoms with E-state index >= 15 is 0 Å². The van der Waals surface area contributed by atoms with Crippen molar-refractivity contribution in [3.05, 3.63) is 42.0 Å². The molecule has 1 aromatic rings. The Morgan fingerprint density at radius 2 is 1.53 bits per heavy atom. The van der Waals surface area contributed by atoms with Crippen LogP contribution in [0, 0.1) is 10.8 Å². The second kappa shape index (κ2) is 17.3. The van der Waals surface area contributed by atoms with Crippen LogP contribution in [-0.2, 0) is 0 Å². The highest BCUT2D eigenvalue weighted by Gasteiger charge is 1.98. The maximum absolute atomic E-state index is 7.70. The number of nitrogen functional groups attached to an aromatic ring is 1. The number of nitrogens with one attached hydrogen (secondary N) is 5. The number of benzene rings is 1. The number of amidine groups is 1. The van der Waals surface area contributed by atoms with E-state index in [4.69, 9.17) is 21.3 Å². The lowest BCUT2D eigenvalue weighted by molar-refractivity contribution is 0.308. The Balaban J connectivity index is 1.82. The summed E-state index contributed by atoms with van der Waals surface area (Å²) >= 11 is 0. The minimum atomic E-state index is 0.0768. The first-order valence-corrected chi connectivity index (χ1v) is 11.1. The zero-order valence-electron chi connectivity index (χ0n) is 18.4. The first-order chi connectivity index (χ1) is 14.6. The highest BCUT2D eigenvalue weighted by molar-refractivity contribution is 5.94. The first kappa shape index (κ1) is 25.5. The van der Waals surface area contributed by atoms with Gasteiger partial charge >= 0.3 is 0 Å². The molecule has 0 aliphatic carbocycles. The molecular weight excluding hydrogens is 376 g/mol. The molecule has 0 aromatic heterocycles. The zero-order chi connectivity index (χ0) is 21.9. The van der Waals surface area contributed by atoms with E-state index < -0.39 is 0 Å². The van der Waals surface area contributed by atoms with Gasteiger partial charge in [0.05, 0.1) is 6.61 Å². The third-order valence-electron chi connectivity index (χ3n) is 4.65. The third-order valence-corrected chi connectivity index (χ3v) is 4.65. The summed E-state index contributed by atoms with van der Waals surface area (Å²) < 4.78 is 5.70. The quantitative estimate of drug-likeness (QED) is 0.101. The fourth-order valence-electron chi connectivity index (χ4n) is 2.88. The Bertz CT molecular complexity index is 615. The van der Waals surface area contributed by atoms with Crippen LogP contribution in [0.15, 0.2) is 36.4 Å². The largest absolute Gasteiger partial charge is 0.494 e. The molecule has 30 heavy (non-hydrogen) atoms. The summed E-state index contributed by atoms with van der Waals surface area (Å²) in [6.07, 6.45) is 12.3. The zero-order valence-corrected chi connectivity index (χ0v) is 18.4. The summed E-state index contributed by atoms with van der Waals surface area (Å²) in [7, 11) is 0. The second-order valence-corrected chi connectivity index (χ2v) is 7.26. The average Bonchev–Trinajstić information content (AvgIpc) is 2.74. The molecule has 0 fully saturated rings. The molecular formula is C23H40N6O. The van der Waals surface area contributed by atoms with Crippen molar-refractivity contribution in [1.29, 1.82) is 10.8 Å². The van der Waals surface area contributed by atoms with E-state index in [0.717, 1.165) is 38.2 Å². The number of guanidine groups is 1. The molecule has 1 aromatic carbocycles. The third kappa shape index (κ3) is 13.6. The smallest absolute Gasteiger partial charge is 0.188 e. The van der Waals surface area contributed by atoms with Crippen LogP contribution in [0.4, 0.5) is 0 Å². The number of ether oxygens (including phenoxy) is 1. The number of allylic oxidation sites excluding steroid dienone is 1. The minimum Gasteiger partial charge on any atom is -0.494 e. The molecule has 7 heteroatoms. The van der Waals surface area contributed by atoms with Crippen LogP contribution in [0.5, 0.6) is 5.75 Å². The van der Waals surface area contributed by atoms with Gasteiger partial charge in [-0.1, -0.05) is 37.8 Å². The van der Waals surface area contributed by atoms with Gasteiger partial charge in [-0.05, 0) is 63.5 Å². The number of hydrogen-bond acceptors (Lipinski definition) is 4. The molecule has 0 heterocycles. The average molecular weight is 417 g/mol. The van der Waals surface area contributed by atoms with Crippen LogP contribution in [0.2, 0.25) is 0 Å². The topological polar surface area (TPSA) is 119 Å². The summed E-state index contributed by atoms with van der Waals surface area (Å²) in [5.74, 6) is 1.31. The van der Waals surface area contributed by atoms with Crippen LogP contribution in [-0.4, -0.2) is 44.6 Å². The van der Waals surface area contributed by atoms with Crippen molar-refractivity contribution in [2.45, 2.75) is 51.9 Å². The predicted octanol–water partition coefficient (Wildman–Crippen LogP) is 3.36. The molecule has 0 saturated carbocycles. The summed E-state index contributed by atoms with van der Waals surface area (Å²) in [6.45, 7) is 6.26. The molecule has 0 spiro atoms. The van der Waals surface area contributed by atoms with E-state index in [1.807, 2.05) is 31.2 Å². The van der Waals surface area contributed by atoms with Crippen LogP contribution in [0.1, 0.15) is 57.4 Å². The maximum atomic E-state index is 7.70. The Morgan fingerprint density at radius 1 is 0.900 bits per heavy atom. The van der Waals surface area contributed by atoms with Crippen molar-refractivity contribution >= 4 is 11.8 Å². The van der Waals surface area contributed by atoms with Gasteiger partial charge in [0.2, 0.25) is 0 Å². The van der Waals surface area contributed by atoms with E-state index in [1.165, 1.54) is 32.1 Å². The molecule has 0 atom stereocenters. The van der Waals surface area contributed by atoms with Gasteiger partial charge in [0.25, 0.3) is 0 Å². The number of rotatable bonds is 17. The van der Waals surface area contributed by atoms with Crippen molar-refractivity contribution in [3.8, 4) is 5.75 Å². The van der Waals surface area contributed by atoms with Crippen LogP contribution >= 0.6 is 0 Å². The molecule has 0 aliphatic rings. The Hall–Kier alpha value is -2.54. The molecule has 168 valence electrons. The highest BCUT2D eigenvalue weighted by Crippen LogP contribution is 2.11. The van der Waals surface area contributed by atoms with Gasteiger partial charge in [0.15, 0.2) is 5.96 Å². The molecule has 7 nitrogen and oxygen atoms in total. The first-order valence-electron chi connectivity index (χ1n) is 11.1. The molecule has 0 unspecified atom stereocenters. The van der Waals surface area contributed by atoms with E-state index in [-0.39, 0.29) is 5.84 Å². The minimum absolute atomic E-state index is 0.0768. The van der Waals surface area contributed by atoms with Gasteiger partial charge in [-0.2, -0.15) is 0 Å². The van der Waals surface area contributed by atoms with Crippen molar-refractivity contribution in [2.24, 2.45) is 5.73 Å². The van der Waals surface area contributed by atoms with E-state index in [2.05, 4.69) is 16.0 Å². The van der Waals surface area contributed by atoms with E-state index in [0.29, 0.717) is 24.7 Å². The molecule has 0 saturated heterocycles. The van der Waals surface area contributed by atoms with Gasteiger partial charge in [0, 0.05) is 18.7 Å². The highest BCUT2D eigenvalue weighted by atomic mass is 16.5. The Labute approximate surface area is 181 Å². The Kier molecular flexibility index (Phi) is 14.7. The van der Waals surface area contributed by atoms with Gasteiger partial charge in [-0.3, -0.25) is 10.8 Å². The van der Waals surface area contributed by atoms with E-state index in [1.54, 1.807) is 12.1 Å². The predicted molar refractivity (Wildman–Crippen MR) is 127 cm³/mol. The molecule has 7 N–H and O–H groups in total.